The van der Waals surface area contributed by atoms with E-state index in [-0.39, 0.29) is 33.8 Å². The molecule has 12 heteroatoms. The number of aromatic nitrogens is 2. The van der Waals surface area contributed by atoms with Crippen LogP contribution < -0.4 is 26.2 Å². The van der Waals surface area contributed by atoms with Crippen LogP contribution >= 0.6 is 18.7 Å². The summed E-state index contributed by atoms with van der Waals surface area (Å²) in [5, 5.41) is 6.98. The van der Waals surface area contributed by atoms with Gasteiger partial charge in [-0.15, -0.1) is 0 Å². The van der Waals surface area contributed by atoms with Gasteiger partial charge in [0, 0.05) is 23.7 Å². The maximum atomic E-state index is 14.6. The van der Waals surface area contributed by atoms with Gasteiger partial charge in [0.2, 0.25) is 5.95 Å². The Hall–Kier alpha value is -3.20. The second-order valence-corrected chi connectivity index (χ2v) is 11.3. The summed E-state index contributed by atoms with van der Waals surface area (Å²) in [6, 6.07) is 9.61. The van der Waals surface area contributed by atoms with Gasteiger partial charge in [0.1, 0.15) is 23.7 Å². The molecule has 186 valence electrons. The number of methoxy groups -OCH3 is 1. The molecule has 0 bridgehead atoms. The van der Waals surface area contributed by atoms with E-state index in [0.717, 1.165) is 6.07 Å². The monoisotopic (exact) mass is 521 g/mol. The molecule has 1 heterocycles. The number of hydrogen-bond donors (Lipinski definition) is 3. The number of amides is 1. The first-order valence-electron chi connectivity index (χ1n) is 10.7. The fourth-order valence-electron chi connectivity index (χ4n) is 3.40. The molecule has 3 N–H and O–H groups in total. The molecule has 0 saturated carbocycles. The molecule has 0 saturated heterocycles. The van der Waals surface area contributed by atoms with Crippen molar-refractivity contribution in [3.63, 3.8) is 0 Å². The molecule has 0 atom stereocenters. The lowest BCUT2D eigenvalue weighted by Crippen LogP contribution is -2.23. The average Bonchev–Trinajstić information content (AvgIpc) is 2.86. The number of halogens is 2. The largest absolute Gasteiger partial charge is 0.495 e. The molecule has 9 nitrogen and oxygen atoms in total. The van der Waals surface area contributed by atoms with Gasteiger partial charge in [-0.1, -0.05) is 37.6 Å². The molecule has 3 aromatic rings. The Morgan fingerprint density at radius 1 is 1.11 bits per heavy atom. The molecule has 1 amide bonds. The van der Waals surface area contributed by atoms with Crippen molar-refractivity contribution in [1.29, 1.82) is 0 Å². The van der Waals surface area contributed by atoms with Crippen molar-refractivity contribution >= 4 is 53.1 Å². The van der Waals surface area contributed by atoms with E-state index in [1.54, 1.807) is 6.07 Å². The SMILES string of the molecule is CCP(=O)(CC)c1ccccc1Nc1nc(Nc2cc(F)c(C(=O)NOC)cc2OC)ncc1Cl. The van der Waals surface area contributed by atoms with E-state index >= 15 is 0 Å². The molecule has 0 aliphatic rings. The van der Waals surface area contributed by atoms with Gasteiger partial charge in [-0.25, -0.2) is 14.9 Å². The number of para-hydroxylation sites is 1. The van der Waals surface area contributed by atoms with Crippen molar-refractivity contribution < 1.29 is 23.3 Å². The lowest BCUT2D eigenvalue weighted by atomic mass is 10.1. The predicted octanol–water partition coefficient (Wildman–Crippen LogP) is 5.08. The third-order valence-corrected chi connectivity index (χ3v) is 8.92. The molecule has 0 unspecified atom stereocenters. The van der Waals surface area contributed by atoms with Crippen LogP contribution in [0.25, 0.3) is 0 Å². The summed E-state index contributed by atoms with van der Waals surface area (Å²) in [6.07, 6.45) is 2.43. The minimum absolute atomic E-state index is 0.0929. The van der Waals surface area contributed by atoms with Gasteiger partial charge in [-0.2, -0.15) is 4.98 Å². The fraction of sp³-hybridized carbons (Fsp3) is 0.261. The summed E-state index contributed by atoms with van der Waals surface area (Å²) >= 11 is 6.33. The topological polar surface area (TPSA) is 114 Å². The van der Waals surface area contributed by atoms with Crippen LogP contribution in [0.3, 0.4) is 0 Å². The summed E-state index contributed by atoms with van der Waals surface area (Å²) in [4.78, 5) is 25.1. The Balaban J connectivity index is 1.94. The van der Waals surface area contributed by atoms with Gasteiger partial charge in [0.25, 0.3) is 5.91 Å². The van der Waals surface area contributed by atoms with Crippen molar-refractivity contribution in [3.05, 3.63) is 59.0 Å². The Morgan fingerprint density at radius 2 is 1.83 bits per heavy atom. The average molecular weight is 522 g/mol. The quantitative estimate of drug-likeness (QED) is 0.250. The molecule has 0 radical (unpaired) electrons. The number of hydrogen-bond acceptors (Lipinski definition) is 8. The normalized spacial score (nSPS) is 11.1. The minimum Gasteiger partial charge on any atom is -0.495 e. The third kappa shape index (κ3) is 5.90. The zero-order valence-corrected chi connectivity index (χ0v) is 21.3. The number of ether oxygens (including phenoxy) is 1. The highest BCUT2D eigenvalue weighted by Gasteiger charge is 2.24. The van der Waals surface area contributed by atoms with Crippen LogP contribution in [0, 0.1) is 5.82 Å². The minimum atomic E-state index is -2.59. The number of carbonyl (C=O) groups is 1. The number of rotatable bonds is 10. The molecular weight excluding hydrogens is 496 g/mol. The third-order valence-electron chi connectivity index (χ3n) is 5.34. The van der Waals surface area contributed by atoms with Gasteiger partial charge in [-0.3, -0.25) is 9.63 Å². The van der Waals surface area contributed by atoms with Gasteiger partial charge >= 0.3 is 0 Å². The highest BCUT2D eigenvalue weighted by atomic mass is 35.5. The van der Waals surface area contributed by atoms with Gasteiger partial charge in [-0.05, 0) is 18.2 Å². The molecule has 0 spiro atoms. The first kappa shape index (κ1) is 26.4. The maximum absolute atomic E-state index is 14.6. The lowest BCUT2D eigenvalue weighted by molar-refractivity contribution is 0.0533. The second kappa shape index (κ2) is 11.5. The Labute approximate surface area is 207 Å². The number of hydroxylamine groups is 1. The van der Waals surface area contributed by atoms with Crippen molar-refractivity contribution in [2.75, 3.05) is 37.2 Å². The summed E-state index contributed by atoms with van der Waals surface area (Å²) in [6.45, 7) is 3.80. The lowest BCUT2D eigenvalue weighted by Gasteiger charge is -2.20. The maximum Gasteiger partial charge on any atom is 0.277 e. The highest BCUT2D eigenvalue weighted by molar-refractivity contribution is 7.71. The summed E-state index contributed by atoms with van der Waals surface area (Å²) in [5.41, 5.74) is 2.62. The Kier molecular flexibility index (Phi) is 8.67. The van der Waals surface area contributed by atoms with Crippen LogP contribution in [-0.2, 0) is 9.40 Å². The first-order chi connectivity index (χ1) is 16.8. The molecule has 0 aliphatic carbocycles. The van der Waals surface area contributed by atoms with Gasteiger partial charge in [0.15, 0.2) is 5.82 Å². The predicted molar refractivity (Wildman–Crippen MR) is 136 cm³/mol. The van der Waals surface area contributed by atoms with E-state index in [4.69, 9.17) is 16.3 Å². The van der Waals surface area contributed by atoms with Crippen LogP contribution in [0.2, 0.25) is 5.02 Å². The highest BCUT2D eigenvalue weighted by Crippen LogP contribution is 2.46. The Morgan fingerprint density at radius 3 is 2.49 bits per heavy atom. The molecular formula is C23H26ClFN5O4P. The summed E-state index contributed by atoms with van der Waals surface area (Å²) < 4.78 is 33.2. The van der Waals surface area contributed by atoms with Gasteiger partial charge < -0.3 is 19.9 Å². The van der Waals surface area contributed by atoms with Crippen LogP contribution in [0.5, 0.6) is 5.75 Å². The number of carbonyl (C=O) groups excluding carboxylic acids is 1. The van der Waals surface area contributed by atoms with Crippen molar-refractivity contribution in [1.82, 2.24) is 15.4 Å². The van der Waals surface area contributed by atoms with E-state index in [2.05, 4.69) is 30.9 Å². The van der Waals surface area contributed by atoms with E-state index in [0.29, 0.717) is 23.3 Å². The summed E-state index contributed by atoms with van der Waals surface area (Å²) in [5.74, 6) is -1.03. The standard InChI is InChI=1S/C23H26ClFN5O4P/c1-5-35(32,6-2)20-10-8-7-9-17(20)27-21-15(24)13-26-23(29-21)28-18-12-16(25)14(11-19(18)33-3)22(31)30-34-4/h7-13H,5-6H2,1-4H3,(H,30,31)(H2,26,27,28,29). The molecule has 3 rings (SSSR count). The first-order valence-corrected chi connectivity index (χ1v) is 13.2. The smallest absolute Gasteiger partial charge is 0.277 e. The Bertz CT molecular complexity index is 1270. The molecule has 35 heavy (non-hydrogen) atoms. The molecule has 0 aliphatic heterocycles. The van der Waals surface area contributed by atoms with Crippen molar-refractivity contribution in [3.8, 4) is 5.75 Å². The molecule has 0 fully saturated rings. The number of benzene rings is 2. The van der Waals surface area contributed by atoms with Crippen LogP contribution in [-0.4, -0.2) is 42.4 Å². The second-order valence-electron chi connectivity index (χ2n) is 7.35. The zero-order valence-electron chi connectivity index (χ0n) is 19.7. The number of anilines is 4. The number of nitrogens with zero attached hydrogens (tertiary/aromatic N) is 2. The van der Waals surface area contributed by atoms with E-state index in [1.165, 1.54) is 26.5 Å². The van der Waals surface area contributed by atoms with Crippen molar-refractivity contribution in [2.24, 2.45) is 0 Å². The van der Waals surface area contributed by atoms with E-state index in [9.17, 15) is 13.8 Å². The van der Waals surface area contributed by atoms with Crippen LogP contribution in [0.15, 0.2) is 42.6 Å². The van der Waals surface area contributed by atoms with E-state index < -0.39 is 18.9 Å². The molecule has 1 aromatic heterocycles. The van der Waals surface area contributed by atoms with Crippen LogP contribution in [0.4, 0.5) is 27.5 Å². The summed E-state index contributed by atoms with van der Waals surface area (Å²) in [7, 11) is 0.0335. The number of nitrogens with one attached hydrogen (secondary N) is 3. The van der Waals surface area contributed by atoms with Crippen molar-refractivity contribution in [2.45, 2.75) is 13.8 Å². The van der Waals surface area contributed by atoms with Crippen LogP contribution in [0.1, 0.15) is 24.2 Å². The molecule has 2 aromatic carbocycles. The zero-order chi connectivity index (χ0) is 25.6. The van der Waals surface area contributed by atoms with E-state index in [1.807, 2.05) is 32.0 Å². The van der Waals surface area contributed by atoms with Gasteiger partial charge in [0.05, 0.1) is 37.4 Å². The fourth-order valence-corrected chi connectivity index (χ4v) is 5.60.